The number of methoxy groups -OCH3 is 2. The number of rotatable bonds is 12. The van der Waals surface area contributed by atoms with Crippen LogP contribution in [0.4, 0.5) is 5.69 Å². The minimum atomic E-state index is -4.23. The Hall–Kier alpha value is -4.05. The average Bonchev–Trinajstić information content (AvgIpc) is 2.96. The van der Waals surface area contributed by atoms with E-state index in [9.17, 15) is 18.0 Å². The Morgan fingerprint density at radius 3 is 2.15 bits per heavy atom. The molecule has 9 nitrogen and oxygen atoms in total. The zero-order valence-electron chi connectivity index (χ0n) is 22.9. The first-order valence-electron chi connectivity index (χ1n) is 12.5. The number of nitrogens with one attached hydrogen (secondary N) is 1. The van der Waals surface area contributed by atoms with Gasteiger partial charge in [-0.25, -0.2) is 8.42 Å². The molecule has 2 amide bonds. The van der Waals surface area contributed by atoms with E-state index in [4.69, 9.17) is 9.47 Å². The van der Waals surface area contributed by atoms with Crippen molar-refractivity contribution in [2.45, 2.75) is 37.8 Å². The summed E-state index contributed by atoms with van der Waals surface area (Å²) >= 11 is 0. The topological polar surface area (TPSA) is 105 Å². The fourth-order valence-corrected chi connectivity index (χ4v) is 5.71. The molecule has 39 heavy (non-hydrogen) atoms. The number of aryl methyl sites for hydroxylation is 1. The zero-order valence-corrected chi connectivity index (χ0v) is 23.7. The third-order valence-corrected chi connectivity index (χ3v) is 8.29. The van der Waals surface area contributed by atoms with E-state index in [0.29, 0.717) is 12.2 Å². The van der Waals surface area contributed by atoms with E-state index in [2.05, 4.69) is 5.32 Å². The lowest BCUT2D eigenvalue weighted by Crippen LogP contribution is -2.51. The van der Waals surface area contributed by atoms with E-state index in [1.54, 1.807) is 24.3 Å². The Morgan fingerprint density at radius 1 is 0.923 bits per heavy atom. The van der Waals surface area contributed by atoms with Crippen LogP contribution in [0.2, 0.25) is 0 Å². The van der Waals surface area contributed by atoms with Gasteiger partial charge in [0.15, 0.2) is 0 Å². The van der Waals surface area contributed by atoms with Gasteiger partial charge in [-0.1, -0.05) is 43.3 Å². The highest BCUT2D eigenvalue weighted by atomic mass is 32.2. The third kappa shape index (κ3) is 6.69. The number of hydrogen-bond acceptors (Lipinski definition) is 6. The molecule has 0 radical (unpaired) electrons. The van der Waals surface area contributed by atoms with Crippen molar-refractivity contribution in [3.63, 3.8) is 0 Å². The van der Waals surface area contributed by atoms with Gasteiger partial charge in [0, 0.05) is 13.6 Å². The van der Waals surface area contributed by atoms with E-state index < -0.39 is 28.5 Å². The number of likely N-dealkylation sites (N-methyl/N-ethyl adjacent to an activating group) is 1. The Balaban J connectivity index is 2.11. The second-order valence-electron chi connectivity index (χ2n) is 8.85. The predicted molar refractivity (Wildman–Crippen MR) is 150 cm³/mol. The Labute approximate surface area is 230 Å². The molecule has 0 fully saturated rings. The van der Waals surface area contributed by atoms with Gasteiger partial charge in [0.1, 0.15) is 24.1 Å². The van der Waals surface area contributed by atoms with Crippen molar-refractivity contribution >= 4 is 27.5 Å². The van der Waals surface area contributed by atoms with Crippen LogP contribution in [0.25, 0.3) is 0 Å². The molecule has 10 heteroatoms. The van der Waals surface area contributed by atoms with Crippen molar-refractivity contribution in [3.05, 3.63) is 83.9 Å². The standard InChI is InChI=1S/C29H35N3O6S/c1-6-25(29(34)30-3)31(19-22-12-8-7-11-21(22)2)28(33)20-32(26-13-9-10-14-27(26)38-5)39(35,36)24-17-15-23(37-4)16-18-24/h7-18,25H,6,19-20H2,1-5H3,(H,30,34)/t25-/m1/s1. The van der Waals surface area contributed by atoms with Crippen LogP contribution in [0.1, 0.15) is 24.5 Å². The molecule has 0 saturated heterocycles. The maximum atomic E-state index is 14.0. The van der Waals surface area contributed by atoms with Crippen molar-refractivity contribution < 1.29 is 27.5 Å². The van der Waals surface area contributed by atoms with Gasteiger partial charge in [0.25, 0.3) is 10.0 Å². The number of nitrogens with zero attached hydrogens (tertiary/aromatic N) is 2. The van der Waals surface area contributed by atoms with Gasteiger partial charge in [-0.15, -0.1) is 0 Å². The Morgan fingerprint density at radius 2 is 1.56 bits per heavy atom. The molecule has 3 rings (SSSR count). The summed E-state index contributed by atoms with van der Waals surface area (Å²) in [5.41, 5.74) is 2.01. The van der Waals surface area contributed by atoms with Gasteiger partial charge in [-0.3, -0.25) is 13.9 Å². The Bertz CT molecular complexity index is 1390. The van der Waals surface area contributed by atoms with Crippen LogP contribution in [0.5, 0.6) is 11.5 Å². The molecule has 0 aliphatic rings. The molecule has 1 atom stereocenters. The molecule has 3 aromatic rings. The molecule has 0 bridgehead atoms. The number of amides is 2. The number of para-hydroxylation sites is 2. The van der Waals surface area contributed by atoms with Crippen molar-refractivity contribution in [2.75, 3.05) is 32.1 Å². The van der Waals surface area contributed by atoms with Gasteiger partial charge < -0.3 is 19.7 Å². The fourth-order valence-electron chi connectivity index (χ4n) is 4.28. The number of carbonyl (C=O) groups excluding carboxylic acids is 2. The zero-order chi connectivity index (χ0) is 28.6. The quantitative estimate of drug-likeness (QED) is 0.366. The number of ether oxygens (including phenoxy) is 2. The summed E-state index contributed by atoms with van der Waals surface area (Å²) in [6, 6.07) is 19.3. The van der Waals surface area contributed by atoms with Gasteiger partial charge in [0.2, 0.25) is 11.8 Å². The molecule has 0 aromatic heterocycles. The predicted octanol–water partition coefficient (Wildman–Crippen LogP) is 3.76. The van der Waals surface area contributed by atoms with Crippen molar-refractivity contribution in [2.24, 2.45) is 0 Å². The molecule has 0 unspecified atom stereocenters. The molecule has 0 saturated carbocycles. The van der Waals surface area contributed by atoms with Crippen LogP contribution in [0.3, 0.4) is 0 Å². The van der Waals surface area contributed by atoms with Crippen LogP contribution in [0, 0.1) is 6.92 Å². The van der Waals surface area contributed by atoms with E-state index >= 15 is 0 Å². The van der Waals surface area contributed by atoms with Crippen LogP contribution < -0.4 is 19.1 Å². The normalized spacial score (nSPS) is 11.8. The summed E-state index contributed by atoms with van der Waals surface area (Å²) < 4.78 is 39.6. The van der Waals surface area contributed by atoms with Crippen molar-refractivity contribution in [1.29, 1.82) is 0 Å². The molecule has 0 spiro atoms. The molecule has 0 aliphatic heterocycles. The Kier molecular flexibility index (Phi) is 9.95. The first-order chi connectivity index (χ1) is 18.7. The van der Waals surface area contributed by atoms with Crippen LogP contribution in [0.15, 0.2) is 77.7 Å². The maximum absolute atomic E-state index is 14.0. The smallest absolute Gasteiger partial charge is 0.264 e. The van der Waals surface area contributed by atoms with Crippen LogP contribution in [-0.4, -0.2) is 59.0 Å². The molecular formula is C29H35N3O6S. The lowest BCUT2D eigenvalue weighted by atomic mass is 10.1. The summed E-state index contributed by atoms with van der Waals surface area (Å²) in [7, 11) is 0.202. The highest BCUT2D eigenvalue weighted by molar-refractivity contribution is 7.92. The van der Waals surface area contributed by atoms with E-state index in [1.165, 1.54) is 50.4 Å². The first kappa shape index (κ1) is 29.5. The molecule has 208 valence electrons. The summed E-state index contributed by atoms with van der Waals surface area (Å²) in [6.07, 6.45) is 0.344. The molecule has 0 heterocycles. The number of anilines is 1. The average molecular weight is 554 g/mol. The number of hydrogen-bond donors (Lipinski definition) is 1. The summed E-state index contributed by atoms with van der Waals surface area (Å²) in [5, 5.41) is 2.63. The summed E-state index contributed by atoms with van der Waals surface area (Å²) in [5.74, 6) is -0.0844. The molecule has 1 N–H and O–H groups in total. The molecular weight excluding hydrogens is 518 g/mol. The first-order valence-corrected chi connectivity index (χ1v) is 14.0. The second kappa shape index (κ2) is 13.1. The largest absolute Gasteiger partial charge is 0.497 e. The second-order valence-corrected chi connectivity index (χ2v) is 10.7. The number of benzene rings is 3. The van der Waals surface area contributed by atoms with Crippen molar-refractivity contribution in [1.82, 2.24) is 10.2 Å². The monoisotopic (exact) mass is 553 g/mol. The van der Waals surface area contributed by atoms with Crippen LogP contribution >= 0.6 is 0 Å². The van der Waals surface area contributed by atoms with Gasteiger partial charge in [0.05, 0.1) is 24.8 Å². The van der Waals surface area contributed by atoms with Gasteiger partial charge in [-0.2, -0.15) is 0 Å². The third-order valence-electron chi connectivity index (χ3n) is 6.51. The highest BCUT2D eigenvalue weighted by Crippen LogP contribution is 2.33. The molecule has 0 aliphatic carbocycles. The highest BCUT2D eigenvalue weighted by Gasteiger charge is 2.34. The maximum Gasteiger partial charge on any atom is 0.264 e. The van der Waals surface area contributed by atoms with Gasteiger partial charge >= 0.3 is 0 Å². The van der Waals surface area contributed by atoms with Crippen molar-refractivity contribution in [3.8, 4) is 11.5 Å². The lowest BCUT2D eigenvalue weighted by molar-refractivity contribution is -0.140. The summed E-state index contributed by atoms with van der Waals surface area (Å²) in [6.45, 7) is 3.33. The van der Waals surface area contributed by atoms with E-state index in [-0.39, 0.29) is 28.8 Å². The fraction of sp³-hybridized carbons (Fsp3) is 0.310. The summed E-state index contributed by atoms with van der Waals surface area (Å²) in [4.78, 5) is 28.3. The van der Waals surface area contributed by atoms with E-state index in [0.717, 1.165) is 15.4 Å². The minimum absolute atomic E-state index is 0.0224. The SMILES string of the molecule is CC[C@H](C(=O)NC)N(Cc1ccccc1C)C(=O)CN(c1ccccc1OC)S(=O)(=O)c1ccc(OC)cc1. The molecule has 3 aromatic carbocycles. The lowest BCUT2D eigenvalue weighted by Gasteiger charge is -2.33. The minimum Gasteiger partial charge on any atom is -0.497 e. The van der Waals surface area contributed by atoms with Gasteiger partial charge in [-0.05, 0) is 60.9 Å². The van der Waals surface area contributed by atoms with E-state index in [1.807, 2.05) is 38.1 Å². The van der Waals surface area contributed by atoms with Crippen LogP contribution in [-0.2, 0) is 26.2 Å². The number of carbonyl (C=O) groups is 2. The number of sulfonamides is 1.